The van der Waals surface area contributed by atoms with Crippen molar-refractivity contribution in [3.8, 4) is 0 Å². The van der Waals surface area contributed by atoms with E-state index < -0.39 is 0 Å². The van der Waals surface area contributed by atoms with Gasteiger partial charge in [0.1, 0.15) is 23.8 Å². The summed E-state index contributed by atoms with van der Waals surface area (Å²) in [6.45, 7) is 6.70. The largest absolute Gasteiger partial charge is 0.363 e. The predicted molar refractivity (Wildman–Crippen MR) is 64.6 cm³/mol. The average molecular weight is 232 g/mol. The van der Waals surface area contributed by atoms with Crippen LogP contribution in [0.3, 0.4) is 0 Å². The van der Waals surface area contributed by atoms with E-state index in [2.05, 4.69) is 44.3 Å². The molecule has 0 aromatic carbocycles. The first-order valence-corrected chi connectivity index (χ1v) is 5.59. The average Bonchev–Trinajstić information content (AvgIpc) is 2.78. The van der Waals surface area contributed by atoms with Gasteiger partial charge in [0, 0.05) is 17.7 Å². The van der Waals surface area contributed by atoms with Crippen LogP contribution in [-0.4, -0.2) is 25.1 Å². The molecule has 0 aliphatic rings. The molecule has 90 valence electrons. The van der Waals surface area contributed by atoms with Gasteiger partial charge in [-0.15, -0.1) is 0 Å². The first-order chi connectivity index (χ1) is 8.15. The number of rotatable bonds is 4. The first-order valence-electron chi connectivity index (χ1n) is 5.59. The van der Waals surface area contributed by atoms with Crippen LogP contribution in [-0.2, 0) is 6.54 Å². The maximum Gasteiger partial charge on any atom is 0.143 e. The van der Waals surface area contributed by atoms with Gasteiger partial charge < -0.3 is 5.32 Å². The zero-order valence-electron chi connectivity index (χ0n) is 10.2. The van der Waals surface area contributed by atoms with Crippen molar-refractivity contribution in [3.05, 3.63) is 29.7 Å². The molecule has 6 heteroatoms. The van der Waals surface area contributed by atoms with Gasteiger partial charge in [-0.3, -0.25) is 5.10 Å². The second-order valence-corrected chi connectivity index (χ2v) is 4.19. The second-order valence-electron chi connectivity index (χ2n) is 4.19. The number of nitrogens with one attached hydrogen (secondary N) is 2. The van der Waals surface area contributed by atoms with Crippen LogP contribution in [0.2, 0.25) is 0 Å². The van der Waals surface area contributed by atoms with Gasteiger partial charge in [-0.05, 0) is 6.92 Å². The molecule has 6 nitrogen and oxygen atoms in total. The summed E-state index contributed by atoms with van der Waals surface area (Å²) in [4.78, 5) is 12.9. The number of hydrogen-bond acceptors (Lipinski definition) is 5. The Hall–Kier alpha value is -1.98. The number of aryl methyl sites for hydroxylation is 1. The fraction of sp³-hybridized carbons (Fsp3) is 0.455. The van der Waals surface area contributed by atoms with Crippen molar-refractivity contribution in [2.45, 2.75) is 33.2 Å². The molecule has 0 bridgehead atoms. The van der Waals surface area contributed by atoms with Crippen LogP contribution in [0.1, 0.15) is 37.1 Å². The molecule has 0 amide bonds. The molecule has 2 aromatic rings. The van der Waals surface area contributed by atoms with E-state index in [1.807, 2.05) is 13.0 Å². The molecule has 2 aromatic heterocycles. The number of hydrogen-bond donors (Lipinski definition) is 2. The lowest BCUT2D eigenvalue weighted by Gasteiger charge is -2.09. The Morgan fingerprint density at radius 3 is 2.82 bits per heavy atom. The van der Waals surface area contributed by atoms with E-state index in [9.17, 15) is 0 Å². The second kappa shape index (κ2) is 4.90. The van der Waals surface area contributed by atoms with Crippen molar-refractivity contribution >= 4 is 5.82 Å². The molecule has 2 N–H and O–H groups in total. The SMILES string of the molecule is Cc1cc(NCc2ncn[nH]2)nc(C(C)C)n1. The van der Waals surface area contributed by atoms with Crippen molar-refractivity contribution in [1.29, 1.82) is 0 Å². The Kier molecular flexibility index (Phi) is 3.32. The minimum atomic E-state index is 0.320. The molecule has 0 saturated carbocycles. The van der Waals surface area contributed by atoms with Crippen molar-refractivity contribution in [2.24, 2.45) is 0 Å². The molecule has 0 fully saturated rings. The topological polar surface area (TPSA) is 79.4 Å². The van der Waals surface area contributed by atoms with E-state index in [0.717, 1.165) is 23.2 Å². The van der Waals surface area contributed by atoms with E-state index in [1.54, 1.807) is 0 Å². The fourth-order valence-corrected chi connectivity index (χ4v) is 1.43. The molecule has 0 unspecified atom stereocenters. The minimum Gasteiger partial charge on any atom is -0.363 e. The Morgan fingerprint density at radius 2 is 2.18 bits per heavy atom. The molecule has 17 heavy (non-hydrogen) atoms. The summed E-state index contributed by atoms with van der Waals surface area (Å²) in [6, 6.07) is 1.92. The number of aromatic nitrogens is 5. The minimum absolute atomic E-state index is 0.320. The Morgan fingerprint density at radius 1 is 1.35 bits per heavy atom. The number of aromatic amines is 1. The fourth-order valence-electron chi connectivity index (χ4n) is 1.43. The highest BCUT2D eigenvalue weighted by Gasteiger charge is 2.06. The molecular formula is C11H16N6. The van der Waals surface area contributed by atoms with Crippen molar-refractivity contribution in [2.75, 3.05) is 5.32 Å². The van der Waals surface area contributed by atoms with Gasteiger partial charge >= 0.3 is 0 Å². The molecule has 0 atom stereocenters. The number of nitrogens with zero attached hydrogens (tertiary/aromatic N) is 4. The van der Waals surface area contributed by atoms with Gasteiger partial charge in [0.15, 0.2) is 0 Å². The summed E-state index contributed by atoms with van der Waals surface area (Å²) in [5, 5.41) is 9.78. The molecular weight excluding hydrogens is 216 g/mol. The van der Waals surface area contributed by atoms with Crippen LogP contribution >= 0.6 is 0 Å². The zero-order chi connectivity index (χ0) is 12.3. The summed E-state index contributed by atoms with van der Waals surface area (Å²) < 4.78 is 0. The van der Waals surface area contributed by atoms with Gasteiger partial charge in [0.2, 0.25) is 0 Å². The van der Waals surface area contributed by atoms with Gasteiger partial charge in [-0.2, -0.15) is 5.10 Å². The number of anilines is 1. The third-order valence-electron chi connectivity index (χ3n) is 2.29. The lowest BCUT2D eigenvalue weighted by atomic mass is 10.2. The van der Waals surface area contributed by atoms with Crippen LogP contribution in [0.15, 0.2) is 12.4 Å². The van der Waals surface area contributed by atoms with Crippen LogP contribution in [0.4, 0.5) is 5.82 Å². The molecule has 0 spiro atoms. The summed E-state index contributed by atoms with van der Waals surface area (Å²) in [7, 11) is 0. The van der Waals surface area contributed by atoms with Gasteiger partial charge in [0.05, 0.1) is 6.54 Å². The van der Waals surface area contributed by atoms with Crippen LogP contribution in [0, 0.1) is 6.92 Å². The zero-order valence-corrected chi connectivity index (χ0v) is 10.2. The first kappa shape index (κ1) is 11.5. The summed E-state index contributed by atoms with van der Waals surface area (Å²) in [5.41, 5.74) is 0.962. The highest BCUT2D eigenvalue weighted by molar-refractivity contribution is 5.36. The van der Waals surface area contributed by atoms with Crippen LogP contribution in [0.25, 0.3) is 0 Å². The van der Waals surface area contributed by atoms with E-state index >= 15 is 0 Å². The van der Waals surface area contributed by atoms with Crippen LogP contribution in [0.5, 0.6) is 0 Å². The Bertz CT molecular complexity index is 477. The lowest BCUT2D eigenvalue weighted by molar-refractivity contribution is 0.766. The lowest BCUT2D eigenvalue weighted by Crippen LogP contribution is -2.07. The molecule has 2 heterocycles. The van der Waals surface area contributed by atoms with E-state index in [1.165, 1.54) is 6.33 Å². The summed E-state index contributed by atoms with van der Waals surface area (Å²) in [5.74, 6) is 2.77. The molecule has 0 aliphatic heterocycles. The third-order valence-corrected chi connectivity index (χ3v) is 2.29. The van der Waals surface area contributed by atoms with E-state index in [4.69, 9.17) is 0 Å². The van der Waals surface area contributed by atoms with Gasteiger partial charge in [-0.25, -0.2) is 15.0 Å². The van der Waals surface area contributed by atoms with Crippen molar-refractivity contribution < 1.29 is 0 Å². The smallest absolute Gasteiger partial charge is 0.143 e. The molecule has 2 rings (SSSR count). The highest BCUT2D eigenvalue weighted by Crippen LogP contribution is 2.13. The van der Waals surface area contributed by atoms with Crippen molar-refractivity contribution in [1.82, 2.24) is 25.1 Å². The predicted octanol–water partition coefficient (Wildman–Crippen LogP) is 1.64. The molecule has 0 aliphatic carbocycles. The highest BCUT2D eigenvalue weighted by atomic mass is 15.2. The molecule has 0 radical (unpaired) electrons. The number of H-pyrrole nitrogens is 1. The van der Waals surface area contributed by atoms with E-state index in [0.29, 0.717) is 12.5 Å². The maximum absolute atomic E-state index is 4.45. The normalized spacial score (nSPS) is 10.8. The maximum atomic E-state index is 4.45. The third kappa shape index (κ3) is 2.99. The summed E-state index contributed by atoms with van der Waals surface area (Å²) in [6.07, 6.45) is 1.49. The van der Waals surface area contributed by atoms with Gasteiger partial charge in [0.25, 0.3) is 0 Å². The Balaban J connectivity index is 2.10. The quantitative estimate of drug-likeness (QED) is 0.837. The standard InChI is InChI=1S/C11H16N6/c1-7(2)11-15-8(3)4-9(16-11)12-5-10-13-6-14-17-10/h4,6-7H,5H2,1-3H3,(H,12,15,16)(H,13,14,17). The van der Waals surface area contributed by atoms with Crippen LogP contribution < -0.4 is 5.32 Å². The van der Waals surface area contributed by atoms with E-state index in [-0.39, 0.29) is 0 Å². The Labute approximate surface area is 99.9 Å². The monoisotopic (exact) mass is 232 g/mol. The summed E-state index contributed by atoms with van der Waals surface area (Å²) >= 11 is 0. The van der Waals surface area contributed by atoms with Crippen molar-refractivity contribution in [3.63, 3.8) is 0 Å². The molecule has 0 saturated heterocycles. The van der Waals surface area contributed by atoms with Gasteiger partial charge in [-0.1, -0.05) is 13.8 Å².